The molecular weight excluding hydrogens is 347 g/mol. The molecule has 3 N–H and O–H groups in total. The van der Waals surface area contributed by atoms with Crippen molar-refractivity contribution in [2.75, 3.05) is 10.6 Å². The van der Waals surface area contributed by atoms with Crippen LogP contribution in [0, 0.1) is 5.92 Å². The van der Waals surface area contributed by atoms with E-state index in [-0.39, 0.29) is 5.95 Å². The van der Waals surface area contributed by atoms with Crippen molar-refractivity contribution in [3.8, 4) is 0 Å². The van der Waals surface area contributed by atoms with Crippen LogP contribution < -0.4 is 10.6 Å². The van der Waals surface area contributed by atoms with Gasteiger partial charge in [-0.15, -0.1) is 0 Å². The zero-order chi connectivity index (χ0) is 18.3. The van der Waals surface area contributed by atoms with Crippen molar-refractivity contribution in [3.05, 3.63) is 24.7 Å². The molecule has 3 aromatic heterocycles. The van der Waals surface area contributed by atoms with Gasteiger partial charge in [-0.2, -0.15) is 28.2 Å². The zero-order valence-electron chi connectivity index (χ0n) is 14.0. The molecule has 1 unspecified atom stereocenters. The van der Waals surface area contributed by atoms with Crippen LogP contribution in [0.3, 0.4) is 0 Å². The van der Waals surface area contributed by atoms with Crippen LogP contribution in [-0.4, -0.2) is 37.0 Å². The van der Waals surface area contributed by atoms with Crippen LogP contribution in [0.5, 0.6) is 0 Å². The number of fused-ring (bicyclic) bond motifs is 1. The van der Waals surface area contributed by atoms with Crippen molar-refractivity contribution in [1.82, 2.24) is 24.7 Å². The van der Waals surface area contributed by atoms with Crippen LogP contribution in [0.15, 0.2) is 24.7 Å². The molecule has 0 amide bonds. The number of hydrogen-bond donors (Lipinski definition) is 3. The highest BCUT2D eigenvalue weighted by Crippen LogP contribution is 2.35. The Morgan fingerprint density at radius 1 is 1.35 bits per heavy atom. The molecule has 1 aliphatic rings. The monoisotopic (exact) mass is 365 g/mol. The van der Waals surface area contributed by atoms with Gasteiger partial charge in [0, 0.05) is 18.4 Å². The first-order chi connectivity index (χ1) is 12.4. The second-order valence-electron chi connectivity index (χ2n) is 6.57. The van der Waals surface area contributed by atoms with Crippen LogP contribution in [-0.2, 0) is 6.54 Å². The van der Waals surface area contributed by atoms with Crippen LogP contribution >= 0.6 is 0 Å². The van der Waals surface area contributed by atoms with Gasteiger partial charge in [-0.25, -0.2) is 0 Å². The fourth-order valence-electron chi connectivity index (χ4n) is 2.86. The average Bonchev–Trinajstić information content (AvgIpc) is 3.15. The summed E-state index contributed by atoms with van der Waals surface area (Å²) in [5.74, 6) is 1.63. The first kappa shape index (κ1) is 16.7. The van der Waals surface area contributed by atoms with Gasteiger partial charge in [0.15, 0.2) is 0 Å². The molecule has 1 saturated carbocycles. The molecule has 3 heterocycles. The normalized spacial score (nSPS) is 16.0. The minimum absolute atomic E-state index is 0.289. The van der Waals surface area contributed by atoms with Gasteiger partial charge in [0.05, 0.1) is 17.3 Å². The topological polar surface area (TPSA) is 83.4 Å². The van der Waals surface area contributed by atoms with Gasteiger partial charge in [-0.05, 0) is 31.7 Å². The van der Waals surface area contributed by atoms with E-state index in [1.807, 2.05) is 6.07 Å². The number of hydrogen-bond acceptors (Lipinski definition) is 5. The van der Waals surface area contributed by atoms with Crippen LogP contribution in [0.2, 0.25) is 0 Å². The molecule has 0 aromatic carbocycles. The molecule has 3 aromatic rings. The second kappa shape index (κ2) is 6.19. The number of alkyl halides is 3. The van der Waals surface area contributed by atoms with Gasteiger partial charge >= 0.3 is 6.18 Å². The lowest BCUT2D eigenvalue weighted by molar-refractivity contribution is -0.142. The van der Waals surface area contributed by atoms with Crippen LogP contribution in [0.1, 0.15) is 19.8 Å². The first-order valence-electron chi connectivity index (χ1n) is 8.35. The molecule has 0 bridgehead atoms. The molecule has 0 saturated heterocycles. The van der Waals surface area contributed by atoms with Gasteiger partial charge in [-0.3, -0.25) is 4.68 Å². The molecule has 26 heavy (non-hydrogen) atoms. The quantitative estimate of drug-likeness (QED) is 0.621. The molecule has 0 aliphatic heterocycles. The molecular formula is C16H18F3N7. The summed E-state index contributed by atoms with van der Waals surface area (Å²) < 4.78 is 38.2. The van der Waals surface area contributed by atoms with Gasteiger partial charge in [-0.1, -0.05) is 0 Å². The van der Waals surface area contributed by atoms with E-state index in [1.165, 1.54) is 25.2 Å². The van der Waals surface area contributed by atoms with E-state index in [0.29, 0.717) is 29.1 Å². The molecule has 10 heteroatoms. The van der Waals surface area contributed by atoms with Crippen molar-refractivity contribution in [1.29, 1.82) is 0 Å². The number of aromatic amines is 1. The number of rotatable bonds is 6. The number of nitrogens with zero attached hydrogens (tertiary/aromatic N) is 4. The Kier molecular flexibility index (Phi) is 3.97. The summed E-state index contributed by atoms with van der Waals surface area (Å²) in [5.41, 5.74) is 1.04. The molecule has 1 aliphatic carbocycles. The fourth-order valence-corrected chi connectivity index (χ4v) is 2.86. The van der Waals surface area contributed by atoms with Crippen molar-refractivity contribution in [2.24, 2.45) is 5.92 Å². The Labute approximate surface area is 147 Å². The second-order valence-corrected chi connectivity index (χ2v) is 6.57. The van der Waals surface area contributed by atoms with Gasteiger partial charge in [0.2, 0.25) is 5.95 Å². The number of halogens is 3. The Bertz CT molecular complexity index is 910. The number of anilines is 3. The van der Waals surface area contributed by atoms with Crippen molar-refractivity contribution in [3.63, 3.8) is 0 Å². The smallest absolute Gasteiger partial charge is 0.367 e. The van der Waals surface area contributed by atoms with Crippen molar-refractivity contribution >= 4 is 28.5 Å². The first-order valence-corrected chi connectivity index (χ1v) is 8.35. The lowest BCUT2D eigenvalue weighted by Crippen LogP contribution is -2.18. The molecule has 138 valence electrons. The Hall–Kier alpha value is -2.78. The number of H-pyrrole nitrogens is 1. The third kappa shape index (κ3) is 3.73. The standard InChI is InChI=1S/C16H18F3N7/c1-9(10-2-3-10)22-14-12-4-5-20-13(12)24-15(25-14)23-11-6-21-26(7-11)8-16(17,18)19/h4-7,9-10H,2-3,8H2,1H3,(H3,20,22,23,24,25). The highest BCUT2D eigenvalue weighted by Gasteiger charge is 2.29. The molecule has 0 radical (unpaired) electrons. The zero-order valence-corrected chi connectivity index (χ0v) is 14.0. The average molecular weight is 365 g/mol. The summed E-state index contributed by atoms with van der Waals surface area (Å²) in [6.45, 7) is 0.976. The van der Waals surface area contributed by atoms with E-state index < -0.39 is 12.7 Å². The highest BCUT2D eigenvalue weighted by molar-refractivity contribution is 5.88. The summed E-state index contributed by atoms with van der Waals surface area (Å²) in [5, 5.41) is 10.9. The molecule has 1 fully saturated rings. The Morgan fingerprint density at radius 3 is 2.88 bits per heavy atom. The van der Waals surface area contributed by atoms with E-state index in [1.54, 1.807) is 6.20 Å². The van der Waals surface area contributed by atoms with E-state index in [2.05, 4.69) is 37.6 Å². The predicted molar refractivity (Wildman–Crippen MR) is 91.3 cm³/mol. The number of aromatic nitrogens is 5. The van der Waals surface area contributed by atoms with Gasteiger partial charge < -0.3 is 15.6 Å². The van der Waals surface area contributed by atoms with E-state index in [0.717, 1.165) is 10.1 Å². The summed E-state index contributed by atoms with van der Waals surface area (Å²) in [4.78, 5) is 11.9. The largest absolute Gasteiger partial charge is 0.408 e. The molecule has 1 atom stereocenters. The van der Waals surface area contributed by atoms with E-state index in [9.17, 15) is 13.2 Å². The van der Waals surface area contributed by atoms with Gasteiger partial charge in [0.1, 0.15) is 18.0 Å². The highest BCUT2D eigenvalue weighted by atomic mass is 19.4. The Morgan fingerprint density at radius 2 is 2.15 bits per heavy atom. The fraction of sp³-hybridized carbons (Fsp3) is 0.438. The SMILES string of the molecule is CC(Nc1nc(Nc2cnn(CC(F)(F)F)c2)nc2[nH]ccc12)C1CC1. The lowest BCUT2D eigenvalue weighted by Gasteiger charge is -2.15. The maximum Gasteiger partial charge on any atom is 0.408 e. The molecule has 7 nitrogen and oxygen atoms in total. The minimum atomic E-state index is -4.32. The molecule has 0 spiro atoms. The minimum Gasteiger partial charge on any atom is -0.367 e. The summed E-state index contributed by atoms with van der Waals surface area (Å²) in [6.07, 6.45) is 2.46. The summed E-state index contributed by atoms with van der Waals surface area (Å²) in [6, 6.07) is 2.19. The van der Waals surface area contributed by atoms with Gasteiger partial charge in [0.25, 0.3) is 0 Å². The summed E-state index contributed by atoms with van der Waals surface area (Å²) in [7, 11) is 0. The lowest BCUT2D eigenvalue weighted by atomic mass is 10.2. The summed E-state index contributed by atoms with van der Waals surface area (Å²) >= 11 is 0. The number of nitrogens with one attached hydrogen (secondary N) is 3. The maximum absolute atomic E-state index is 12.4. The third-order valence-electron chi connectivity index (χ3n) is 4.34. The van der Waals surface area contributed by atoms with Crippen molar-refractivity contribution < 1.29 is 13.2 Å². The van der Waals surface area contributed by atoms with E-state index in [4.69, 9.17) is 0 Å². The third-order valence-corrected chi connectivity index (χ3v) is 4.34. The molecule has 4 rings (SSSR count). The van der Waals surface area contributed by atoms with Crippen LogP contribution in [0.4, 0.5) is 30.6 Å². The van der Waals surface area contributed by atoms with Crippen LogP contribution in [0.25, 0.3) is 11.0 Å². The predicted octanol–water partition coefficient (Wildman–Crippen LogP) is 3.67. The Balaban J connectivity index is 1.56. The van der Waals surface area contributed by atoms with Crippen molar-refractivity contribution in [2.45, 2.75) is 38.5 Å². The maximum atomic E-state index is 12.4. The van der Waals surface area contributed by atoms with E-state index >= 15 is 0 Å².